The summed E-state index contributed by atoms with van der Waals surface area (Å²) in [5.74, 6) is 1.44. The Morgan fingerprint density at radius 3 is 1.85 bits per heavy atom. The van der Waals surface area contributed by atoms with Crippen molar-refractivity contribution in [3.05, 3.63) is 29.8 Å². The van der Waals surface area contributed by atoms with Crippen molar-refractivity contribution in [2.45, 2.75) is 91.4 Å². The number of rotatable bonds is 12. The van der Waals surface area contributed by atoms with Crippen LogP contribution < -0.4 is 4.74 Å². The molecule has 5 atom stereocenters. The van der Waals surface area contributed by atoms with Gasteiger partial charge in [0.15, 0.2) is 12.2 Å². The highest BCUT2D eigenvalue weighted by atomic mass is 31.2. The number of hydrogen-bond acceptors (Lipinski definition) is 11. The second kappa shape index (κ2) is 15.5. The van der Waals surface area contributed by atoms with Crippen LogP contribution in [-0.4, -0.2) is 76.1 Å². The predicted octanol–water partition coefficient (Wildman–Crippen LogP) is 4.47. The van der Waals surface area contributed by atoms with Crippen molar-refractivity contribution in [1.82, 2.24) is 0 Å². The zero-order valence-corrected chi connectivity index (χ0v) is 26.9. The fourth-order valence-corrected chi connectivity index (χ4v) is 6.25. The van der Waals surface area contributed by atoms with E-state index >= 15 is 0 Å². The summed E-state index contributed by atoms with van der Waals surface area (Å²) in [6.07, 6.45) is -6.13. The summed E-state index contributed by atoms with van der Waals surface area (Å²) >= 11 is 0. The van der Waals surface area contributed by atoms with E-state index in [-0.39, 0.29) is 25.8 Å². The van der Waals surface area contributed by atoms with E-state index < -0.39 is 64.3 Å². The van der Waals surface area contributed by atoms with Gasteiger partial charge in [0, 0.05) is 26.3 Å². The lowest BCUT2D eigenvalue weighted by Gasteiger charge is -2.44. The van der Waals surface area contributed by atoms with Crippen LogP contribution >= 0.6 is 7.60 Å². The molecule has 1 aromatic rings. The molecule has 1 saturated heterocycles. The van der Waals surface area contributed by atoms with E-state index in [1.165, 1.54) is 20.8 Å². The molecule has 0 aromatic heterocycles. The summed E-state index contributed by atoms with van der Waals surface area (Å²) in [4.78, 5) is 36.3. The van der Waals surface area contributed by atoms with E-state index in [0.717, 1.165) is 5.56 Å². The Morgan fingerprint density at radius 1 is 0.854 bits per heavy atom. The SMILES string of the molecule is CCOP(=O)(CC[C@H]1O[C@H](Oc2ccc(C#C[Si](C)(C)C)cc2)[C@@H](OC(C)=O)[C@@H](OC(C)=O)[C@@H]1OC(C)=O)OCC. The average Bonchev–Trinajstić information content (AvgIpc) is 2.85. The molecule has 1 aromatic carbocycles. The number of hydrogen-bond donors (Lipinski definition) is 0. The molecule has 0 amide bonds. The molecule has 0 bridgehead atoms. The Labute approximate surface area is 243 Å². The highest BCUT2D eigenvalue weighted by Crippen LogP contribution is 2.49. The molecule has 0 unspecified atom stereocenters. The molecule has 0 aliphatic carbocycles. The molecule has 1 aliphatic heterocycles. The first-order valence-corrected chi connectivity index (χ1v) is 18.7. The second-order valence-corrected chi connectivity index (χ2v) is 17.3. The standard InChI is InChI=1S/C28H41O11PSi/c1-9-33-40(32,34-10-2)17-15-24-25(35-19(3)29)26(36-20(4)30)27(37-21(5)31)28(39-24)38-23-13-11-22(12-14-23)16-18-41(6,7)8/h11-14,24-28H,9-10,15,17H2,1-8H3/t24-,25-,26+,27+,28+/m1/s1. The quantitative estimate of drug-likeness (QED) is 0.109. The van der Waals surface area contributed by atoms with Crippen LogP contribution in [-0.2, 0) is 46.9 Å². The van der Waals surface area contributed by atoms with Gasteiger partial charge in [-0.25, -0.2) is 0 Å². The van der Waals surface area contributed by atoms with Crippen molar-refractivity contribution in [3.63, 3.8) is 0 Å². The van der Waals surface area contributed by atoms with Gasteiger partial charge in [-0.2, -0.15) is 0 Å². The fraction of sp³-hybridized carbons (Fsp3) is 0.607. The van der Waals surface area contributed by atoms with Crippen molar-refractivity contribution in [2.75, 3.05) is 19.4 Å². The van der Waals surface area contributed by atoms with Crippen LogP contribution in [0.3, 0.4) is 0 Å². The molecule has 0 N–H and O–H groups in total. The maximum absolute atomic E-state index is 13.2. The molecule has 0 radical (unpaired) electrons. The van der Waals surface area contributed by atoms with Crippen LogP contribution in [0.1, 0.15) is 46.6 Å². The van der Waals surface area contributed by atoms with E-state index in [1.807, 2.05) is 0 Å². The highest BCUT2D eigenvalue weighted by Gasteiger charge is 2.53. The second-order valence-electron chi connectivity index (χ2n) is 10.4. The Morgan fingerprint density at radius 2 is 1.37 bits per heavy atom. The molecular formula is C28H41O11PSi. The van der Waals surface area contributed by atoms with Gasteiger partial charge < -0.3 is 32.7 Å². The van der Waals surface area contributed by atoms with Crippen molar-refractivity contribution < 1.29 is 51.7 Å². The van der Waals surface area contributed by atoms with Crippen LogP contribution in [0.15, 0.2) is 24.3 Å². The number of carbonyl (C=O) groups excluding carboxylic acids is 3. The first-order chi connectivity index (χ1) is 19.2. The Kier molecular flexibility index (Phi) is 13.1. The third kappa shape index (κ3) is 11.6. The van der Waals surface area contributed by atoms with Crippen LogP contribution in [0.2, 0.25) is 19.6 Å². The summed E-state index contributed by atoms with van der Waals surface area (Å²) < 4.78 is 52.8. The minimum atomic E-state index is -3.51. The number of esters is 3. The Hall–Kier alpha value is -2.68. The van der Waals surface area contributed by atoms with Gasteiger partial charge in [-0.1, -0.05) is 25.6 Å². The monoisotopic (exact) mass is 612 g/mol. The number of ether oxygens (including phenoxy) is 5. The van der Waals surface area contributed by atoms with Crippen LogP contribution in [0.25, 0.3) is 0 Å². The van der Waals surface area contributed by atoms with Gasteiger partial charge in [0.2, 0.25) is 12.4 Å². The molecule has 11 nitrogen and oxygen atoms in total. The molecule has 1 heterocycles. The number of benzene rings is 1. The summed E-state index contributed by atoms with van der Waals surface area (Å²) in [6.45, 7) is 13.7. The summed E-state index contributed by atoms with van der Waals surface area (Å²) in [5.41, 5.74) is 4.09. The molecule has 41 heavy (non-hydrogen) atoms. The predicted molar refractivity (Wildman–Crippen MR) is 153 cm³/mol. The van der Waals surface area contributed by atoms with Crippen molar-refractivity contribution in [3.8, 4) is 17.2 Å². The van der Waals surface area contributed by atoms with Crippen molar-refractivity contribution >= 4 is 33.6 Å². The van der Waals surface area contributed by atoms with Gasteiger partial charge in [0.05, 0.1) is 19.4 Å². The van der Waals surface area contributed by atoms with Gasteiger partial charge in [-0.05, 0) is 44.5 Å². The van der Waals surface area contributed by atoms with E-state index in [0.29, 0.717) is 5.75 Å². The molecule has 1 fully saturated rings. The van der Waals surface area contributed by atoms with Crippen molar-refractivity contribution in [2.24, 2.45) is 0 Å². The van der Waals surface area contributed by atoms with Crippen LogP contribution in [0.5, 0.6) is 5.75 Å². The minimum absolute atomic E-state index is 0.0187. The molecule has 228 valence electrons. The third-order valence-corrected chi connectivity index (χ3v) is 8.51. The maximum Gasteiger partial charge on any atom is 0.330 e. The molecule has 13 heteroatoms. The first-order valence-electron chi connectivity index (χ1n) is 13.5. The van der Waals surface area contributed by atoms with Gasteiger partial charge in [-0.15, -0.1) is 5.54 Å². The third-order valence-electron chi connectivity index (χ3n) is 5.52. The normalized spacial score (nSPS) is 22.6. The Balaban J connectivity index is 2.46. The van der Waals surface area contributed by atoms with E-state index in [9.17, 15) is 18.9 Å². The number of carbonyl (C=O) groups is 3. The highest BCUT2D eigenvalue weighted by molar-refractivity contribution is 7.53. The fourth-order valence-electron chi connectivity index (χ4n) is 4.04. The smallest absolute Gasteiger partial charge is 0.330 e. The summed E-state index contributed by atoms with van der Waals surface area (Å²) in [6, 6.07) is 6.95. The summed E-state index contributed by atoms with van der Waals surface area (Å²) in [7, 11) is -5.08. The minimum Gasteiger partial charge on any atom is -0.461 e. The lowest BCUT2D eigenvalue weighted by molar-refractivity contribution is -0.283. The molecule has 2 rings (SSSR count). The van der Waals surface area contributed by atoms with Crippen LogP contribution in [0.4, 0.5) is 0 Å². The van der Waals surface area contributed by atoms with E-state index in [4.69, 9.17) is 32.7 Å². The van der Waals surface area contributed by atoms with Crippen molar-refractivity contribution in [1.29, 1.82) is 0 Å². The first kappa shape index (κ1) is 34.5. The lowest BCUT2D eigenvalue weighted by atomic mass is 9.96. The zero-order valence-electron chi connectivity index (χ0n) is 25.0. The van der Waals surface area contributed by atoms with Gasteiger partial charge >= 0.3 is 25.5 Å². The largest absolute Gasteiger partial charge is 0.461 e. The molecule has 1 aliphatic rings. The average molecular weight is 613 g/mol. The maximum atomic E-state index is 13.2. The Bertz CT molecular complexity index is 1140. The van der Waals surface area contributed by atoms with Gasteiger partial charge in [-0.3, -0.25) is 18.9 Å². The van der Waals surface area contributed by atoms with Crippen LogP contribution in [0, 0.1) is 11.5 Å². The molecule has 0 spiro atoms. The van der Waals surface area contributed by atoms with Gasteiger partial charge in [0.25, 0.3) is 0 Å². The molecular weight excluding hydrogens is 571 g/mol. The zero-order chi connectivity index (χ0) is 30.8. The topological polar surface area (TPSA) is 133 Å². The lowest BCUT2D eigenvalue weighted by Crippen LogP contribution is -2.62. The summed E-state index contributed by atoms with van der Waals surface area (Å²) in [5, 5.41) is 0. The molecule has 0 saturated carbocycles. The van der Waals surface area contributed by atoms with Gasteiger partial charge in [0.1, 0.15) is 19.9 Å². The van der Waals surface area contributed by atoms with E-state index in [1.54, 1.807) is 38.1 Å². The van der Waals surface area contributed by atoms with E-state index in [2.05, 4.69) is 31.1 Å².